The molecule has 0 unspecified atom stereocenters. The van der Waals surface area contributed by atoms with Crippen molar-refractivity contribution in [1.82, 2.24) is 14.9 Å². The van der Waals surface area contributed by atoms with Crippen LogP contribution in [0.2, 0.25) is 0 Å². The molecule has 134 valence electrons. The van der Waals surface area contributed by atoms with Gasteiger partial charge in [-0.05, 0) is 54.8 Å². The lowest BCUT2D eigenvalue weighted by Crippen LogP contribution is -2.53. The van der Waals surface area contributed by atoms with Gasteiger partial charge < -0.3 is 16.0 Å². The maximum Gasteiger partial charge on any atom is 0.242 e. The number of nitrogens with zero attached hydrogens (tertiary/aromatic N) is 3. The Hall–Kier alpha value is -1.51. The predicted molar refractivity (Wildman–Crippen MR) is 104 cm³/mol. The number of anilines is 2. The summed E-state index contributed by atoms with van der Waals surface area (Å²) in [5.74, 6) is 1.17. The first-order valence-electron chi connectivity index (χ1n) is 8.26. The first-order valence-corrected chi connectivity index (χ1v) is 9.87. The highest BCUT2D eigenvalue weighted by Crippen LogP contribution is 2.30. The zero-order chi connectivity index (χ0) is 18.0. The monoisotopic (exact) mass is 423 g/mol. The van der Waals surface area contributed by atoms with Crippen LogP contribution in [0.15, 0.2) is 28.2 Å². The highest BCUT2D eigenvalue weighted by Gasteiger charge is 2.31. The first-order chi connectivity index (χ1) is 11.8. The van der Waals surface area contributed by atoms with Crippen LogP contribution in [0.3, 0.4) is 0 Å². The zero-order valence-corrected chi connectivity index (χ0v) is 16.7. The third-order valence-corrected chi connectivity index (χ3v) is 5.63. The Kier molecular flexibility index (Phi) is 5.41. The van der Waals surface area contributed by atoms with Gasteiger partial charge in [0.15, 0.2) is 5.13 Å². The number of carbonyl (C=O) groups excluding carboxylic acids is 1. The average Bonchev–Trinajstić information content (AvgIpc) is 2.98. The third kappa shape index (κ3) is 4.56. The lowest BCUT2D eigenvalue weighted by atomic mass is 9.92. The Morgan fingerprint density at radius 2 is 2.12 bits per heavy atom. The van der Waals surface area contributed by atoms with Crippen LogP contribution in [0, 0.1) is 0 Å². The molecule has 6 nitrogen and oxygen atoms in total. The molecule has 0 bridgehead atoms. The van der Waals surface area contributed by atoms with Crippen LogP contribution in [0.25, 0.3) is 0 Å². The molecule has 1 aliphatic rings. The van der Waals surface area contributed by atoms with Gasteiger partial charge in [0.2, 0.25) is 5.91 Å². The van der Waals surface area contributed by atoms with E-state index in [1.807, 2.05) is 17.0 Å². The fourth-order valence-electron chi connectivity index (χ4n) is 2.96. The molecular formula is C17H22BrN5OS. The van der Waals surface area contributed by atoms with Crippen LogP contribution < -0.4 is 11.1 Å². The van der Waals surface area contributed by atoms with Gasteiger partial charge >= 0.3 is 0 Å². The van der Waals surface area contributed by atoms with E-state index in [2.05, 4.69) is 32.3 Å². The minimum atomic E-state index is -0.809. The smallest absolute Gasteiger partial charge is 0.242 e. The molecule has 0 aromatic carbocycles. The number of hydrogen-bond donors (Lipinski definition) is 2. The number of aromatic nitrogens is 2. The molecule has 3 N–H and O–H groups in total. The summed E-state index contributed by atoms with van der Waals surface area (Å²) in [5.41, 5.74) is 6.18. The minimum absolute atomic E-state index is 0.0173. The summed E-state index contributed by atoms with van der Waals surface area (Å²) < 4.78 is 0.978. The summed E-state index contributed by atoms with van der Waals surface area (Å²) >= 11 is 4.94. The van der Waals surface area contributed by atoms with E-state index < -0.39 is 5.54 Å². The van der Waals surface area contributed by atoms with Crippen LogP contribution in [-0.4, -0.2) is 39.4 Å². The standard InChI is InChI=1S/C17H22BrN5OS/c1-17(2,19)15(24)23-8-6-11(7-9-23)12-4-3-5-14(21-12)22-16-20-10-13(18)25-16/h3-5,10-11H,6-9,19H2,1-2H3,(H,20,21,22). The van der Waals surface area contributed by atoms with Crippen LogP contribution in [0.4, 0.5) is 10.9 Å². The Morgan fingerprint density at radius 3 is 2.72 bits per heavy atom. The van der Waals surface area contributed by atoms with Crippen molar-refractivity contribution in [2.45, 2.75) is 38.1 Å². The van der Waals surface area contributed by atoms with Crippen molar-refractivity contribution in [3.63, 3.8) is 0 Å². The Labute approximate surface area is 160 Å². The second-order valence-corrected chi connectivity index (χ2v) is 9.24. The summed E-state index contributed by atoms with van der Waals surface area (Å²) in [5, 5.41) is 4.04. The van der Waals surface area contributed by atoms with E-state index in [9.17, 15) is 4.79 Å². The quantitative estimate of drug-likeness (QED) is 0.785. The number of halogens is 1. The van der Waals surface area contributed by atoms with Gasteiger partial charge in [-0.2, -0.15) is 0 Å². The Bertz CT molecular complexity index is 749. The van der Waals surface area contributed by atoms with Crippen LogP contribution >= 0.6 is 27.3 Å². The molecule has 1 saturated heterocycles. The second-order valence-electron chi connectivity index (χ2n) is 6.83. The molecule has 0 radical (unpaired) electrons. The molecule has 2 aromatic heterocycles. The van der Waals surface area contributed by atoms with E-state index in [-0.39, 0.29) is 5.91 Å². The first kappa shape index (κ1) is 18.3. The van der Waals surface area contributed by atoms with Gasteiger partial charge in [-0.1, -0.05) is 17.4 Å². The van der Waals surface area contributed by atoms with Gasteiger partial charge in [-0.25, -0.2) is 9.97 Å². The zero-order valence-electron chi connectivity index (χ0n) is 14.3. The predicted octanol–water partition coefficient (Wildman–Crippen LogP) is 3.49. The fourth-order valence-corrected chi connectivity index (χ4v) is 4.07. The van der Waals surface area contributed by atoms with Crippen LogP contribution in [0.5, 0.6) is 0 Å². The largest absolute Gasteiger partial charge is 0.341 e. The van der Waals surface area contributed by atoms with Crippen molar-refractivity contribution < 1.29 is 4.79 Å². The van der Waals surface area contributed by atoms with E-state index in [1.54, 1.807) is 20.0 Å². The molecule has 1 aliphatic heterocycles. The summed E-state index contributed by atoms with van der Waals surface area (Å²) in [6.45, 7) is 4.97. The maximum atomic E-state index is 12.3. The molecule has 8 heteroatoms. The SMILES string of the molecule is CC(C)(N)C(=O)N1CCC(c2cccc(Nc3ncc(Br)s3)n2)CC1. The van der Waals surface area contributed by atoms with E-state index in [0.29, 0.717) is 5.92 Å². The van der Waals surface area contributed by atoms with Crippen molar-refractivity contribution in [3.05, 3.63) is 33.9 Å². The number of rotatable bonds is 4. The second kappa shape index (κ2) is 7.39. The number of carbonyl (C=O) groups is 1. The summed E-state index contributed by atoms with van der Waals surface area (Å²) in [6, 6.07) is 6.00. The lowest BCUT2D eigenvalue weighted by molar-refractivity contribution is -0.136. The van der Waals surface area contributed by atoms with Crippen molar-refractivity contribution in [3.8, 4) is 0 Å². The van der Waals surface area contributed by atoms with Crippen LogP contribution in [-0.2, 0) is 4.79 Å². The molecule has 0 saturated carbocycles. The number of likely N-dealkylation sites (tertiary alicyclic amines) is 1. The summed E-state index contributed by atoms with van der Waals surface area (Å²) in [6.07, 6.45) is 3.57. The maximum absolute atomic E-state index is 12.3. The van der Waals surface area contributed by atoms with Gasteiger partial charge in [-0.3, -0.25) is 4.79 Å². The Morgan fingerprint density at radius 1 is 1.40 bits per heavy atom. The van der Waals surface area contributed by atoms with Gasteiger partial charge in [0.25, 0.3) is 0 Å². The van der Waals surface area contributed by atoms with Gasteiger partial charge in [0.1, 0.15) is 5.82 Å². The van der Waals surface area contributed by atoms with E-state index in [0.717, 1.165) is 46.4 Å². The molecular weight excluding hydrogens is 402 g/mol. The number of thiazole rings is 1. The van der Waals surface area contributed by atoms with Crippen molar-refractivity contribution >= 4 is 44.1 Å². The van der Waals surface area contributed by atoms with Gasteiger partial charge in [-0.15, -0.1) is 0 Å². The number of hydrogen-bond acceptors (Lipinski definition) is 6. The number of nitrogens with two attached hydrogens (primary N) is 1. The molecule has 0 atom stereocenters. The highest BCUT2D eigenvalue weighted by molar-refractivity contribution is 9.11. The average molecular weight is 424 g/mol. The highest BCUT2D eigenvalue weighted by atomic mass is 79.9. The normalized spacial score (nSPS) is 16.1. The molecule has 2 aromatic rings. The topological polar surface area (TPSA) is 84.1 Å². The molecule has 3 heterocycles. The lowest BCUT2D eigenvalue weighted by Gasteiger charge is -2.35. The summed E-state index contributed by atoms with van der Waals surface area (Å²) in [4.78, 5) is 23.2. The van der Waals surface area contributed by atoms with Gasteiger partial charge in [0.05, 0.1) is 15.5 Å². The fraction of sp³-hybridized carbons (Fsp3) is 0.471. The summed E-state index contributed by atoms with van der Waals surface area (Å²) in [7, 11) is 0. The molecule has 0 aliphatic carbocycles. The van der Waals surface area contributed by atoms with Crippen molar-refractivity contribution in [1.29, 1.82) is 0 Å². The van der Waals surface area contributed by atoms with E-state index in [4.69, 9.17) is 10.7 Å². The number of pyridine rings is 1. The number of nitrogens with one attached hydrogen (secondary N) is 1. The van der Waals surface area contributed by atoms with Crippen molar-refractivity contribution in [2.75, 3.05) is 18.4 Å². The third-order valence-electron chi connectivity index (χ3n) is 4.23. The number of amides is 1. The molecule has 0 spiro atoms. The van der Waals surface area contributed by atoms with E-state index >= 15 is 0 Å². The van der Waals surface area contributed by atoms with Gasteiger partial charge in [0, 0.05) is 24.7 Å². The number of piperidine rings is 1. The Balaban J connectivity index is 1.64. The minimum Gasteiger partial charge on any atom is -0.341 e. The molecule has 3 rings (SSSR count). The van der Waals surface area contributed by atoms with E-state index in [1.165, 1.54) is 11.3 Å². The van der Waals surface area contributed by atoms with Crippen molar-refractivity contribution in [2.24, 2.45) is 5.73 Å². The molecule has 25 heavy (non-hydrogen) atoms. The molecule has 1 amide bonds. The van der Waals surface area contributed by atoms with Crippen LogP contribution in [0.1, 0.15) is 38.3 Å². The molecule has 1 fully saturated rings.